The van der Waals surface area contributed by atoms with E-state index >= 15 is 0 Å². The Labute approximate surface area is 176 Å². The molecule has 1 aromatic carbocycles. The molecule has 2 N–H and O–H groups in total. The fourth-order valence-electron chi connectivity index (χ4n) is 2.71. The third kappa shape index (κ3) is 5.68. The Bertz CT molecular complexity index is 1090. The van der Waals surface area contributed by atoms with Gasteiger partial charge in [-0.1, -0.05) is 12.1 Å². The third-order valence-corrected chi connectivity index (χ3v) is 4.16. The number of carbonyl (C=O) groups is 2. The Morgan fingerprint density at radius 3 is 2.42 bits per heavy atom. The summed E-state index contributed by atoms with van der Waals surface area (Å²) < 4.78 is 40.0. The number of nitrogens with one attached hydrogen (secondary N) is 2. The molecule has 10 heteroatoms. The Morgan fingerprint density at radius 1 is 1.06 bits per heavy atom. The van der Waals surface area contributed by atoms with E-state index in [2.05, 4.69) is 20.7 Å². The van der Waals surface area contributed by atoms with Crippen LogP contribution in [0.1, 0.15) is 46.0 Å². The molecule has 0 unspecified atom stereocenters. The minimum atomic E-state index is -4.45. The van der Waals surface area contributed by atoms with Gasteiger partial charge in [0.05, 0.1) is 17.4 Å². The van der Waals surface area contributed by atoms with Crippen molar-refractivity contribution in [1.29, 1.82) is 0 Å². The lowest BCUT2D eigenvalue weighted by molar-refractivity contribution is -0.137. The van der Waals surface area contributed by atoms with Crippen LogP contribution in [0.15, 0.2) is 54.9 Å². The molecule has 7 nitrogen and oxygen atoms in total. The summed E-state index contributed by atoms with van der Waals surface area (Å²) in [6.45, 7) is 3.71. The van der Waals surface area contributed by atoms with Crippen molar-refractivity contribution in [3.05, 3.63) is 77.4 Å². The van der Waals surface area contributed by atoms with E-state index in [1.165, 1.54) is 41.3 Å². The van der Waals surface area contributed by atoms with Crippen LogP contribution in [-0.2, 0) is 12.7 Å². The molecule has 2 aromatic heterocycles. The fraction of sp³-hybridized carbons (Fsp3) is 0.238. The molecule has 0 aliphatic carbocycles. The van der Waals surface area contributed by atoms with Gasteiger partial charge in [0.1, 0.15) is 11.4 Å². The number of hydrogen-bond donors (Lipinski definition) is 2. The first-order chi connectivity index (χ1) is 14.6. The normalized spacial score (nSPS) is 11.4. The van der Waals surface area contributed by atoms with Gasteiger partial charge in [-0.25, -0.2) is 9.67 Å². The highest BCUT2D eigenvalue weighted by molar-refractivity contribution is 5.96. The van der Waals surface area contributed by atoms with Crippen molar-refractivity contribution < 1.29 is 22.8 Å². The lowest BCUT2D eigenvalue weighted by Gasteiger charge is -2.09. The average molecular weight is 431 g/mol. The van der Waals surface area contributed by atoms with E-state index in [0.29, 0.717) is 5.56 Å². The summed E-state index contributed by atoms with van der Waals surface area (Å²) in [4.78, 5) is 28.5. The smallest absolute Gasteiger partial charge is 0.349 e. The van der Waals surface area contributed by atoms with Crippen molar-refractivity contribution in [2.24, 2.45) is 0 Å². The van der Waals surface area contributed by atoms with Crippen LogP contribution in [-0.4, -0.2) is 32.6 Å². The fourth-order valence-corrected chi connectivity index (χ4v) is 2.71. The van der Waals surface area contributed by atoms with Crippen molar-refractivity contribution in [2.45, 2.75) is 32.6 Å². The van der Waals surface area contributed by atoms with E-state index in [0.717, 1.165) is 12.1 Å². The molecule has 0 aliphatic heterocycles. The molecule has 0 spiro atoms. The standard InChI is InChI=1S/C21H20F3N5O2/c1-13(2)27-20(31)18-8-4-7-17(28-18)19(30)25-10-14-11-26-29(12-14)16-6-3-5-15(9-16)21(22,23)24/h3-9,11-13H,10H2,1-2H3,(H,25,30)(H,27,31). The predicted molar refractivity (Wildman–Crippen MR) is 107 cm³/mol. The second kappa shape index (κ2) is 8.99. The van der Waals surface area contributed by atoms with Crippen LogP contribution in [0.2, 0.25) is 0 Å². The molecule has 0 aliphatic rings. The van der Waals surface area contributed by atoms with Crippen molar-refractivity contribution in [1.82, 2.24) is 25.4 Å². The van der Waals surface area contributed by atoms with Crippen LogP contribution in [0, 0.1) is 0 Å². The highest BCUT2D eigenvalue weighted by Gasteiger charge is 2.30. The molecule has 0 fully saturated rings. The van der Waals surface area contributed by atoms with Crippen LogP contribution in [0.25, 0.3) is 5.69 Å². The molecule has 3 rings (SSSR count). The number of carbonyl (C=O) groups excluding carboxylic acids is 2. The van der Waals surface area contributed by atoms with E-state index < -0.39 is 17.6 Å². The first-order valence-electron chi connectivity index (χ1n) is 9.41. The van der Waals surface area contributed by atoms with Crippen molar-refractivity contribution in [2.75, 3.05) is 0 Å². The lowest BCUT2D eigenvalue weighted by Crippen LogP contribution is -2.31. The van der Waals surface area contributed by atoms with Gasteiger partial charge in [0, 0.05) is 24.3 Å². The Morgan fingerprint density at radius 2 is 1.74 bits per heavy atom. The van der Waals surface area contributed by atoms with Crippen LogP contribution >= 0.6 is 0 Å². The molecular weight excluding hydrogens is 411 g/mol. The van der Waals surface area contributed by atoms with Crippen LogP contribution in [0.4, 0.5) is 13.2 Å². The van der Waals surface area contributed by atoms with Crippen LogP contribution in [0.5, 0.6) is 0 Å². The van der Waals surface area contributed by atoms with Gasteiger partial charge >= 0.3 is 6.18 Å². The zero-order valence-corrected chi connectivity index (χ0v) is 16.8. The van der Waals surface area contributed by atoms with E-state index in [4.69, 9.17) is 0 Å². The Hall–Kier alpha value is -3.69. The molecule has 0 saturated carbocycles. The molecule has 0 saturated heterocycles. The molecule has 162 valence electrons. The highest BCUT2D eigenvalue weighted by atomic mass is 19.4. The molecule has 0 bridgehead atoms. The highest BCUT2D eigenvalue weighted by Crippen LogP contribution is 2.30. The number of benzene rings is 1. The summed E-state index contributed by atoms with van der Waals surface area (Å²) in [5.74, 6) is -0.877. The van der Waals surface area contributed by atoms with Crippen LogP contribution in [0.3, 0.4) is 0 Å². The number of amides is 2. The molecular formula is C21H20F3N5O2. The largest absolute Gasteiger partial charge is 0.416 e. The van der Waals surface area contributed by atoms with Crippen LogP contribution < -0.4 is 10.6 Å². The zero-order valence-electron chi connectivity index (χ0n) is 16.8. The summed E-state index contributed by atoms with van der Waals surface area (Å²) in [5.41, 5.74) is 0.251. The number of aromatic nitrogens is 3. The first-order valence-corrected chi connectivity index (χ1v) is 9.41. The monoisotopic (exact) mass is 431 g/mol. The third-order valence-electron chi connectivity index (χ3n) is 4.16. The van der Waals surface area contributed by atoms with E-state index in [9.17, 15) is 22.8 Å². The quantitative estimate of drug-likeness (QED) is 0.627. The summed E-state index contributed by atoms with van der Waals surface area (Å²) in [6.07, 6.45) is -1.48. The topological polar surface area (TPSA) is 88.9 Å². The zero-order chi connectivity index (χ0) is 22.6. The van der Waals surface area contributed by atoms with E-state index in [-0.39, 0.29) is 35.6 Å². The van der Waals surface area contributed by atoms with Gasteiger partial charge in [0.25, 0.3) is 11.8 Å². The maximum Gasteiger partial charge on any atom is 0.416 e. The summed E-state index contributed by atoms with van der Waals surface area (Å²) in [7, 11) is 0. The Balaban J connectivity index is 1.66. The van der Waals surface area contributed by atoms with Gasteiger partial charge in [-0.2, -0.15) is 18.3 Å². The van der Waals surface area contributed by atoms with Gasteiger partial charge in [-0.05, 0) is 44.2 Å². The van der Waals surface area contributed by atoms with Gasteiger partial charge in [0.2, 0.25) is 0 Å². The Kier molecular flexibility index (Phi) is 6.38. The lowest BCUT2D eigenvalue weighted by atomic mass is 10.2. The van der Waals surface area contributed by atoms with Crippen molar-refractivity contribution >= 4 is 11.8 Å². The molecule has 0 atom stereocenters. The van der Waals surface area contributed by atoms with Gasteiger partial charge in [-0.15, -0.1) is 0 Å². The van der Waals surface area contributed by atoms with Crippen molar-refractivity contribution in [3.8, 4) is 5.69 Å². The van der Waals surface area contributed by atoms with Crippen molar-refractivity contribution in [3.63, 3.8) is 0 Å². The molecule has 0 radical (unpaired) electrons. The predicted octanol–water partition coefficient (Wildman–Crippen LogP) is 3.35. The molecule has 2 amide bonds. The second-order valence-electron chi connectivity index (χ2n) is 7.06. The molecule has 31 heavy (non-hydrogen) atoms. The summed E-state index contributed by atoms with van der Waals surface area (Å²) in [6, 6.07) is 9.26. The second-order valence-corrected chi connectivity index (χ2v) is 7.06. The van der Waals surface area contributed by atoms with Gasteiger partial charge < -0.3 is 10.6 Å². The minimum absolute atomic E-state index is 0.0693. The minimum Gasteiger partial charge on any atom is -0.349 e. The maximum absolute atomic E-state index is 12.9. The average Bonchev–Trinajstić information content (AvgIpc) is 3.20. The number of alkyl halides is 3. The summed E-state index contributed by atoms with van der Waals surface area (Å²) in [5, 5.41) is 9.41. The molecule has 3 aromatic rings. The number of nitrogens with zero attached hydrogens (tertiary/aromatic N) is 3. The number of halogens is 3. The summed E-state index contributed by atoms with van der Waals surface area (Å²) >= 11 is 0. The van der Waals surface area contributed by atoms with Gasteiger partial charge in [-0.3, -0.25) is 9.59 Å². The maximum atomic E-state index is 12.9. The number of rotatable bonds is 6. The van der Waals surface area contributed by atoms with E-state index in [1.54, 1.807) is 6.07 Å². The number of hydrogen-bond acceptors (Lipinski definition) is 4. The van der Waals surface area contributed by atoms with Gasteiger partial charge in [0.15, 0.2) is 0 Å². The van der Waals surface area contributed by atoms with E-state index in [1.807, 2.05) is 13.8 Å². The SMILES string of the molecule is CC(C)NC(=O)c1cccc(C(=O)NCc2cnn(-c3cccc(C(F)(F)F)c3)c2)n1. The first kappa shape index (κ1) is 22.0. The molecule has 2 heterocycles. The number of pyridine rings is 1.